The fourth-order valence-corrected chi connectivity index (χ4v) is 1.83. The number of hydrogen-bond acceptors (Lipinski definition) is 5. The van der Waals surface area contributed by atoms with Crippen LogP contribution in [0.4, 0.5) is 13.2 Å². The summed E-state index contributed by atoms with van der Waals surface area (Å²) >= 11 is 4.00. The number of carbonyl (C=O) groups is 1. The van der Waals surface area contributed by atoms with Crippen LogP contribution in [0.15, 0.2) is 29.6 Å². The van der Waals surface area contributed by atoms with Crippen molar-refractivity contribution in [2.24, 2.45) is 0 Å². The van der Waals surface area contributed by atoms with Crippen molar-refractivity contribution in [1.82, 2.24) is 14.8 Å². The maximum absolute atomic E-state index is 12.9. The molecular weight excluding hydrogens is 295 g/mol. The molecule has 0 aromatic carbocycles. The molecule has 0 saturated heterocycles. The highest BCUT2D eigenvalue weighted by Crippen LogP contribution is 2.33. The van der Waals surface area contributed by atoms with Crippen LogP contribution in [0.3, 0.4) is 0 Å². The number of halogens is 3. The monoisotopic (exact) mass is 303 g/mol. The Bertz CT molecular complexity index is 655. The lowest BCUT2D eigenvalue weighted by Gasteiger charge is -2.12. The third-order valence-corrected chi connectivity index (χ3v) is 2.87. The van der Waals surface area contributed by atoms with Crippen molar-refractivity contribution < 1.29 is 22.7 Å². The van der Waals surface area contributed by atoms with E-state index in [2.05, 4.69) is 27.4 Å². The predicted octanol–water partition coefficient (Wildman–Crippen LogP) is 2.36. The van der Waals surface area contributed by atoms with Gasteiger partial charge in [0.05, 0.1) is 13.3 Å². The molecule has 0 spiro atoms. The van der Waals surface area contributed by atoms with Gasteiger partial charge in [-0.05, 0) is 12.1 Å². The van der Waals surface area contributed by atoms with Crippen molar-refractivity contribution >= 4 is 18.6 Å². The van der Waals surface area contributed by atoms with E-state index < -0.39 is 23.5 Å². The fraction of sp³-hybridized carbons (Fsp3) is 0.182. The first-order chi connectivity index (χ1) is 9.36. The van der Waals surface area contributed by atoms with E-state index >= 15 is 0 Å². The molecule has 20 heavy (non-hydrogen) atoms. The summed E-state index contributed by atoms with van der Waals surface area (Å²) < 4.78 is 44.0. The molecule has 2 rings (SSSR count). The molecule has 5 nitrogen and oxygen atoms in total. The van der Waals surface area contributed by atoms with Gasteiger partial charge in [-0.25, -0.2) is 14.5 Å². The van der Waals surface area contributed by atoms with Crippen LogP contribution in [0.5, 0.6) is 0 Å². The molecular formula is C11H8F3N3O2S. The van der Waals surface area contributed by atoms with Gasteiger partial charge >= 0.3 is 12.1 Å². The zero-order valence-electron chi connectivity index (χ0n) is 10.0. The Balaban J connectivity index is 2.59. The van der Waals surface area contributed by atoms with Gasteiger partial charge in [-0.3, -0.25) is 0 Å². The van der Waals surface area contributed by atoms with Crippen molar-refractivity contribution in [1.29, 1.82) is 0 Å². The van der Waals surface area contributed by atoms with Gasteiger partial charge in [-0.2, -0.15) is 18.3 Å². The zero-order chi connectivity index (χ0) is 14.9. The lowest BCUT2D eigenvalue weighted by molar-refractivity contribution is -0.137. The highest BCUT2D eigenvalue weighted by molar-refractivity contribution is 7.80. The van der Waals surface area contributed by atoms with Crippen molar-refractivity contribution in [2.45, 2.75) is 11.2 Å². The maximum Gasteiger partial charge on any atom is 0.420 e. The van der Waals surface area contributed by atoms with Gasteiger partial charge in [0.2, 0.25) is 0 Å². The topological polar surface area (TPSA) is 57.0 Å². The molecule has 2 heterocycles. The third-order valence-electron chi connectivity index (χ3n) is 2.44. The Hall–Kier alpha value is -2.03. The maximum atomic E-state index is 12.9. The number of pyridine rings is 1. The largest absolute Gasteiger partial charge is 0.465 e. The molecule has 0 atom stereocenters. The van der Waals surface area contributed by atoms with Crippen LogP contribution in [-0.4, -0.2) is 27.8 Å². The van der Waals surface area contributed by atoms with Crippen molar-refractivity contribution in [3.63, 3.8) is 0 Å². The van der Waals surface area contributed by atoms with E-state index in [9.17, 15) is 18.0 Å². The van der Waals surface area contributed by atoms with E-state index in [-0.39, 0.29) is 10.6 Å². The number of thiol groups is 1. The molecule has 0 aliphatic carbocycles. The average Bonchev–Trinajstić information content (AvgIpc) is 2.78. The molecule has 2 aromatic rings. The summed E-state index contributed by atoms with van der Waals surface area (Å²) in [6.45, 7) is 0. The van der Waals surface area contributed by atoms with Crippen LogP contribution in [0, 0.1) is 0 Å². The highest BCUT2D eigenvalue weighted by Gasteiger charge is 2.35. The van der Waals surface area contributed by atoms with Crippen molar-refractivity contribution in [3.05, 3.63) is 35.7 Å². The van der Waals surface area contributed by atoms with Crippen molar-refractivity contribution in [2.75, 3.05) is 7.11 Å². The summed E-state index contributed by atoms with van der Waals surface area (Å²) in [5, 5.41) is 3.62. The highest BCUT2D eigenvalue weighted by atomic mass is 32.1. The number of rotatable bonds is 2. The molecule has 0 radical (unpaired) electrons. The van der Waals surface area contributed by atoms with Crippen LogP contribution in [0.25, 0.3) is 5.82 Å². The Morgan fingerprint density at radius 1 is 1.45 bits per heavy atom. The van der Waals surface area contributed by atoms with Crippen LogP contribution in [0.2, 0.25) is 0 Å². The summed E-state index contributed by atoms with van der Waals surface area (Å²) in [5.41, 5.74) is -1.02. The Labute approximate surface area is 116 Å². The molecule has 0 bridgehead atoms. The first-order valence-corrected chi connectivity index (χ1v) is 5.69. The van der Waals surface area contributed by atoms with E-state index in [4.69, 9.17) is 0 Å². The number of ether oxygens (including phenoxy) is 1. The molecule has 106 valence electrons. The Morgan fingerprint density at radius 2 is 2.15 bits per heavy atom. The Kier molecular flexibility index (Phi) is 3.71. The van der Waals surface area contributed by atoms with E-state index in [1.54, 1.807) is 0 Å². The first kappa shape index (κ1) is 14.4. The van der Waals surface area contributed by atoms with Gasteiger partial charge < -0.3 is 4.74 Å². The number of methoxy groups -OCH3 is 1. The van der Waals surface area contributed by atoms with Gasteiger partial charge in [-0.15, -0.1) is 12.6 Å². The number of hydrogen-bond donors (Lipinski definition) is 1. The van der Waals surface area contributed by atoms with Crippen molar-refractivity contribution in [3.8, 4) is 5.82 Å². The summed E-state index contributed by atoms with van der Waals surface area (Å²) in [5.74, 6) is -1.20. The number of carbonyl (C=O) groups excluding carboxylic acids is 1. The normalized spacial score (nSPS) is 11.4. The average molecular weight is 303 g/mol. The van der Waals surface area contributed by atoms with Gasteiger partial charge in [0.15, 0.2) is 5.82 Å². The number of aromatic nitrogens is 3. The summed E-state index contributed by atoms with van der Waals surface area (Å²) in [6, 6.07) is 2.03. The lowest BCUT2D eigenvalue weighted by atomic mass is 10.2. The van der Waals surface area contributed by atoms with Crippen LogP contribution >= 0.6 is 12.6 Å². The molecule has 0 aliphatic heterocycles. The zero-order valence-corrected chi connectivity index (χ0v) is 10.9. The molecule has 0 amide bonds. The second-order valence-electron chi connectivity index (χ2n) is 3.66. The molecule has 2 aromatic heterocycles. The quantitative estimate of drug-likeness (QED) is 0.683. The smallest absolute Gasteiger partial charge is 0.420 e. The Morgan fingerprint density at radius 3 is 2.75 bits per heavy atom. The number of nitrogens with zero attached hydrogens (tertiary/aromatic N) is 3. The number of alkyl halides is 3. The minimum absolute atomic E-state index is 0.0467. The molecule has 0 fully saturated rings. The summed E-state index contributed by atoms with van der Waals surface area (Å²) in [4.78, 5) is 15.0. The number of esters is 1. The lowest BCUT2D eigenvalue weighted by Crippen LogP contribution is -2.13. The molecule has 0 N–H and O–H groups in total. The fourth-order valence-electron chi connectivity index (χ4n) is 1.54. The van der Waals surface area contributed by atoms with Crippen LogP contribution in [0.1, 0.15) is 15.9 Å². The second kappa shape index (κ2) is 5.16. The van der Waals surface area contributed by atoms with Crippen LogP contribution < -0.4 is 0 Å². The second-order valence-corrected chi connectivity index (χ2v) is 4.08. The first-order valence-electron chi connectivity index (χ1n) is 5.24. The van der Waals surface area contributed by atoms with Gasteiger partial charge in [0.1, 0.15) is 16.2 Å². The van der Waals surface area contributed by atoms with Crippen LogP contribution in [-0.2, 0) is 10.9 Å². The SMILES string of the molecule is COC(=O)c1cnn(-c2ncccc2C(F)(F)F)c1S. The minimum atomic E-state index is -4.60. The predicted molar refractivity (Wildman–Crippen MR) is 65.0 cm³/mol. The summed E-state index contributed by atoms with van der Waals surface area (Å²) in [6.07, 6.45) is -2.33. The molecule has 0 aliphatic rings. The van der Waals surface area contributed by atoms with E-state index in [0.717, 1.165) is 30.1 Å². The van der Waals surface area contributed by atoms with E-state index in [0.29, 0.717) is 0 Å². The molecule has 9 heteroatoms. The third kappa shape index (κ3) is 2.48. The standard InChI is InChI=1S/C11H8F3N3O2S/c1-19-10(18)6-5-16-17(9(6)20)8-7(11(12,13)14)3-2-4-15-8/h2-5,20H,1H3. The van der Waals surface area contributed by atoms with E-state index in [1.807, 2.05) is 0 Å². The molecule has 0 unspecified atom stereocenters. The van der Waals surface area contributed by atoms with Gasteiger partial charge in [-0.1, -0.05) is 0 Å². The van der Waals surface area contributed by atoms with E-state index in [1.165, 1.54) is 6.20 Å². The molecule has 0 saturated carbocycles. The summed E-state index contributed by atoms with van der Waals surface area (Å²) in [7, 11) is 1.15. The van der Waals surface area contributed by atoms with Gasteiger partial charge in [0, 0.05) is 6.20 Å². The minimum Gasteiger partial charge on any atom is -0.465 e. The van der Waals surface area contributed by atoms with Gasteiger partial charge in [0.25, 0.3) is 0 Å².